The maximum absolute atomic E-state index is 11.6. The predicted molar refractivity (Wildman–Crippen MR) is 91.0 cm³/mol. The minimum atomic E-state index is -1.24. The number of carboxylic acids is 3. The maximum atomic E-state index is 11.6. The molecule has 4 rings (SSSR count). The summed E-state index contributed by atoms with van der Waals surface area (Å²) in [4.78, 5) is 34.7. The quantitative estimate of drug-likeness (QED) is 0.493. The molecule has 6 heteroatoms. The van der Waals surface area contributed by atoms with E-state index in [-0.39, 0.29) is 16.7 Å². The zero-order valence-electron chi connectivity index (χ0n) is 12.6. The van der Waals surface area contributed by atoms with Crippen LogP contribution >= 0.6 is 0 Å². The van der Waals surface area contributed by atoms with Crippen LogP contribution in [0.25, 0.3) is 32.3 Å². The average Bonchev–Trinajstić information content (AvgIpc) is 2.58. The fourth-order valence-corrected chi connectivity index (χ4v) is 3.44. The van der Waals surface area contributed by atoms with Crippen LogP contribution in [0.3, 0.4) is 0 Å². The lowest BCUT2D eigenvalue weighted by molar-refractivity contribution is 0.0684. The van der Waals surface area contributed by atoms with Crippen LogP contribution in [0.15, 0.2) is 42.5 Å². The Hall–Kier alpha value is -3.67. The van der Waals surface area contributed by atoms with Gasteiger partial charge in [0.15, 0.2) is 0 Å². The first kappa shape index (κ1) is 14.9. The molecule has 0 bridgehead atoms. The van der Waals surface area contributed by atoms with Gasteiger partial charge in [0.2, 0.25) is 0 Å². The van der Waals surface area contributed by atoms with Crippen molar-refractivity contribution in [2.45, 2.75) is 0 Å². The number of carboxylic acid groups (broad SMARTS) is 3. The average molecular weight is 334 g/mol. The van der Waals surface area contributed by atoms with E-state index in [2.05, 4.69) is 0 Å². The van der Waals surface area contributed by atoms with E-state index in [1.54, 1.807) is 24.3 Å². The number of hydrogen-bond acceptors (Lipinski definition) is 3. The Morgan fingerprint density at radius 3 is 1.52 bits per heavy atom. The molecule has 0 amide bonds. The van der Waals surface area contributed by atoms with E-state index in [4.69, 9.17) is 0 Å². The molecule has 0 radical (unpaired) electrons. The van der Waals surface area contributed by atoms with Gasteiger partial charge in [-0.3, -0.25) is 0 Å². The van der Waals surface area contributed by atoms with Crippen LogP contribution in [-0.4, -0.2) is 33.2 Å². The van der Waals surface area contributed by atoms with Crippen molar-refractivity contribution in [3.05, 3.63) is 59.2 Å². The van der Waals surface area contributed by atoms with E-state index >= 15 is 0 Å². The normalized spacial score (nSPS) is 11.4. The summed E-state index contributed by atoms with van der Waals surface area (Å²) in [5, 5.41) is 31.3. The van der Waals surface area contributed by atoms with Crippen molar-refractivity contribution in [2.24, 2.45) is 0 Å². The highest BCUT2D eigenvalue weighted by atomic mass is 16.4. The Bertz CT molecular complexity index is 1190. The molecule has 0 aliphatic rings. The minimum absolute atomic E-state index is 0.0829. The third kappa shape index (κ3) is 1.94. The van der Waals surface area contributed by atoms with Gasteiger partial charge in [0, 0.05) is 0 Å². The summed E-state index contributed by atoms with van der Waals surface area (Å²) < 4.78 is 0. The van der Waals surface area contributed by atoms with E-state index in [9.17, 15) is 29.7 Å². The zero-order valence-corrected chi connectivity index (χ0v) is 12.6. The third-order valence-corrected chi connectivity index (χ3v) is 4.47. The molecule has 0 aromatic heterocycles. The molecular formula is C19H10O6. The molecule has 0 aliphatic carbocycles. The van der Waals surface area contributed by atoms with E-state index in [1.165, 1.54) is 12.1 Å². The minimum Gasteiger partial charge on any atom is -0.478 e. The standard InChI is InChI=1S/C19H10O6/c20-17(21)12-4-2-8-1-3-10-13(18(22)23)7-14(19(24)25)11-6-5-9(12)15(8)16(10)11/h1-7H,(H,20,21)(H,22,23)(H,24,25). The molecule has 6 nitrogen and oxygen atoms in total. The number of carbonyl (C=O) groups is 3. The van der Waals surface area contributed by atoms with Gasteiger partial charge in [0.25, 0.3) is 0 Å². The second kappa shape index (κ2) is 4.91. The van der Waals surface area contributed by atoms with Gasteiger partial charge in [-0.2, -0.15) is 0 Å². The van der Waals surface area contributed by atoms with Crippen molar-refractivity contribution in [3.63, 3.8) is 0 Å². The van der Waals surface area contributed by atoms with Crippen molar-refractivity contribution in [1.82, 2.24) is 0 Å². The Kier molecular flexibility index (Phi) is 2.93. The largest absolute Gasteiger partial charge is 0.478 e. The van der Waals surface area contributed by atoms with Gasteiger partial charge in [-0.05, 0) is 44.5 Å². The first-order valence-corrected chi connectivity index (χ1v) is 7.34. The summed E-state index contributed by atoms with van der Waals surface area (Å²) in [5.41, 5.74) is -0.167. The molecule has 3 N–H and O–H groups in total. The van der Waals surface area contributed by atoms with Crippen molar-refractivity contribution >= 4 is 50.2 Å². The summed E-state index contributed by atoms with van der Waals surface area (Å²) in [7, 11) is 0. The summed E-state index contributed by atoms with van der Waals surface area (Å²) in [5.74, 6) is -3.58. The van der Waals surface area contributed by atoms with Crippen LogP contribution in [0.1, 0.15) is 31.1 Å². The van der Waals surface area contributed by atoms with Crippen LogP contribution in [0.5, 0.6) is 0 Å². The SMILES string of the molecule is O=C(O)c1ccc2ccc3c(C(=O)O)cc(C(=O)O)c4ccc1c2c34. The zero-order chi connectivity index (χ0) is 17.9. The Morgan fingerprint density at radius 2 is 1.00 bits per heavy atom. The fraction of sp³-hybridized carbons (Fsp3) is 0. The maximum Gasteiger partial charge on any atom is 0.336 e. The number of benzene rings is 4. The molecule has 122 valence electrons. The van der Waals surface area contributed by atoms with E-state index in [0.29, 0.717) is 26.9 Å². The van der Waals surface area contributed by atoms with Crippen LogP contribution < -0.4 is 0 Å². The monoisotopic (exact) mass is 334 g/mol. The molecule has 0 atom stereocenters. The smallest absolute Gasteiger partial charge is 0.336 e. The van der Waals surface area contributed by atoms with Crippen LogP contribution in [-0.2, 0) is 0 Å². The molecule has 4 aromatic carbocycles. The molecular weight excluding hydrogens is 324 g/mol. The lowest BCUT2D eigenvalue weighted by Crippen LogP contribution is -2.06. The van der Waals surface area contributed by atoms with Crippen molar-refractivity contribution < 1.29 is 29.7 Å². The Balaban J connectivity index is 2.36. The van der Waals surface area contributed by atoms with Crippen molar-refractivity contribution in [1.29, 1.82) is 0 Å². The fourth-order valence-electron chi connectivity index (χ4n) is 3.44. The lowest BCUT2D eigenvalue weighted by atomic mass is 9.88. The van der Waals surface area contributed by atoms with Crippen molar-refractivity contribution in [2.75, 3.05) is 0 Å². The summed E-state index contributed by atoms with van der Waals surface area (Å²) >= 11 is 0. The number of hydrogen-bond donors (Lipinski definition) is 3. The highest BCUT2D eigenvalue weighted by Crippen LogP contribution is 2.39. The third-order valence-electron chi connectivity index (χ3n) is 4.47. The van der Waals surface area contributed by atoms with Crippen LogP contribution in [0.2, 0.25) is 0 Å². The van der Waals surface area contributed by atoms with Gasteiger partial charge in [0.05, 0.1) is 16.7 Å². The number of rotatable bonds is 3. The van der Waals surface area contributed by atoms with Gasteiger partial charge in [-0.25, -0.2) is 14.4 Å². The molecule has 0 saturated carbocycles. The Labute approximate surface area is 139 Å². The first-order valence-electron chi connectivity index (χ1n) is 7.34. The summed E-state index contributed by atoms with van der Waals surface area (Å²) in [6.45, 7) is 0. The Morgan fingerprint density at radius 1 is 0.560 bits per heavy atom. The molecule has 0 heterocycles. The van der Waals surface area contributed by atoms with Gasteiger partial charge in [-0.1, -0.05) is 30.3 Å². The molecule has 25 heavy (non-hydrogen) atoms. The predicted octanol–water partition coefficient (Wildman–Crippen LogP) is 3.68. The van der Waals surface area contributed by atoms with Gasteiger partial charge in [0.1, 0.15) is 0 Å². The van der Waals surface area contributed by atoms with Crippen LogP contribution in [0, 0.1) is 0 Å². The second-order valence-corrected chi connectivity index (χ2v) is 5.75. The van der Waals surface area contributed by atoms with E-state index < -0.39 is 17.9 Å². The van der Waals surface area contributed by atoms with Gasteiger partial charge >= 0.3 is 17.9 Å². The number of aromatic carboxylic acids is 3. The highest BCUT2D eigenvalue weighted by Gasteiger charge is 2.22. The lowest BCUT2D eigenvalue weighted by Gasteiger charge is -2.15. The van der Waals surface area contributed by atoms with E-state index in [0.717, 1.165) is 11.5 Å². The second-order valence-electron chi connectivity index (χ2n) is 5.75. The summed E-state index contributed by atoms with van der Waals surface area (Å²) in [6.07, 6.45) is 0. The van der Waals surface area contributed by atoms with E-state index in [1.807, 2.05) is 0 Å². The summed E-state index contributed by atoms with van der Waals surface area (Å²) in [6, 6.07) is 10.7. The molecule has 0 saturated heterocycles. The molecule has 0 unspecified atom stereocenters. The molecule has 4 aromatic rings. The molecule has 0 spiro atoms. The molecule has 0 aliphatic heterocycles. The van der Waals surface area contributed by atoms with Gasteiger partial charge in [-0.15, -0.1) is 0 Å². The first-order chi connectivity index (χ1) is 11.9. The highest BCUT2D eigenvalue weighted by molar-refractivity contribution is 6.30. The van der Waals surface area contributed by atoms with Crippen molar-refractivity contribution in [3.8, 4) is 0 Å². The topological polar surface area (TPSA) is 112 Å². The molecule has 0 fully saturated rings. The van der Waals surface area contributed by atoms with Gasteiger partial charge < -0.3 is 15.3 Å². The van der Waals surface area contributed by atoms with Crippen LogP contribution in [0.4, 0.5) is 0 Å².